The molecule has 0 radical (unpaired) electrons. The molecular weight excluding hydrogens is 398 g/mol. The number of hydrazine groups is 1. The Bertz CT molecular complexity index is 1060. The minimum atomic E-state index is -0.310. The molecule has 0 saturated heterocycles. The predicted octanol–water partition coefficient (Wildman–Crippen LogP) is 2.76. The number of amides is 1. The smallest absolute Gasteiger partial charge is 0.238 e. The minimum Gasteiger partial charge on any atom is -0.361 e. The van der Waals surface area contributed by atoms with Crippen molar-refractivity contribution in [2.45, 2.75) is 38.3 Å². The highest BCUT2D eigenvalue weighted by molar-refractivity contribution is 5.86. The predicted molar refractivity (Wildman–Crippen MR) is 128 cm³/mol. The van der Waals surface area contributed by atoms with E-state index < -0.39 is 0 Å². The minimum absolute atomic E-state index is 0.0518. The first-order valence-corrected chi connectivity index (χ1v) is 11.9. The van der Waals surface area contributed by atoms with Crippen molar-refractivity contribution in [3.05, 3.63) is 71.4 Å². The Morgan fingerprint density at radius 1 is 1.09 bits per heavy atom. The summed E-state index contributed by atoms with van der Waals surface area (Å²) in [6.45, 7) is 4.47. The number of nitrogens with one attached hydrogen (secondary N) is 4. The molecule has 0 unspecified atom stereocenters. The second-order valence-corrected chi connectivity index (χ2v) is 9.17. The average molecular weight is 432 g/mol. The normalized spacial score (nSPS) is 17.2. The van der Waals surface area contributed by atoms with Gasteiger partial charge in [-0.3, -0.25) is 15.1 Å². The molecule has 32 heavy (non-hydrogen) atoms. The molecule has 1 saturated carbocycles. The fourth-order valence-electron chi connectivity index (χ4n) is 4.58. The van der Waals surface area contributed by atoms with E-state index in [9.17, 15) is 4.79 Å². The fraction of sp³-hybridized carbons (Fsp3) is 0.423. The number of benzene rings is 2. The molecule has 1 amide bonds. The lowest BCUT2D eigenvalue weighted by Crippen LogP contribution is -2.52. The van der Waals surface area contributed by atoms with Crippen molar-refractivity contribution < 1.29 is 4.79 Å². The highest BCUT2D eigenvalue weighted by Gasteiger charge is 2.24. The lowest BCUT2D eigenvalue weighted by Gasteiger charge is -2.29. The molecule has 4 N–H and O–H groups in total. The highest BCUT2D eigenvalue weighted by Crippen LogP contribution is 2.27. The van der Waals surface area contributed by atoms with E-state index in [2.05, 4.69) is 62.5 Å². The molecule has 6 nitrogen and oxygen atoms in total. The number of aromatic nitrogens is 1. The maximum absolute atomic E-state index is 13.1. The van der Waals surface area contributed by atoms with E-state index in [4.69, 9.17) is 0 Å². The monoisotopic (exact) mass is 431 g/mol. The van der Waals surface area contributed by atoms with Gasteiger partial charge in [0.15, 0.2) is 0 Å². The average Bonchev–Trinajstić information content (AvgIpc) is 3.57. The van der Waals surface area contributed by atoms with Gasteiger partial charge in [-0.05, 0) is 47.9 Å². The molecule has 6 heteroatoms. The van der Waals surface area contributed by atoms with E-state index in [1.54, 1.807) is 0 Å². The first-order chi connectivity index (χ1) is 15.8. The Hall–Kier alpha value is -2.67. The summed E-state index contributed by atoms with van der Waals surface area (Å²) in [6, 6.07) is 16.6. The zero-order valence-corrected chi connectivity index (χ0v) is 18.6. The molecule has 0 bridgehead atoms. The molecule has 3 aromatic rings. The van der Waals surface area contributed by atoms with Crippen LogP contribution in [0.2, 0.25) is 0 Å². The molecule has 1 fully saturated rings. The van der Waals surface area contributed by atoms with Crippen molar-refractivity contribution in [3.8, 4) is 0 Å². The summed E-state index contributed by atoms with van der Waals surface area (Å²) in [7, 11) is 0. The van der Waals surface area contributed by atoms with E-state index >= 15 is 0 Å². The summed E-state index contributed by atoms with van der Waals surface area (Å²) in [5.41, 5.74) is 11.8. The number of hydrogen-bond donors (Lipinski definition) is 4. The van der Waals surface area contributed by atoms with Crippen molar-refractivity contribution in [1.82, 2.24) is 26.1 Å². The number of H-pyrrole nitrogens is 1. The van der Waals surface area contributed by atoms with E-state index in [0.29, 0.717) is 13.0 Å². The second kappa shape index (κ2) is 9.86. The third-order valence-electron chi connectivity index (χ3n) is 6.72. The summed E-state index contributed by atoms with van der Waals surface area (Å²) in [4.78, 5) is 18.8. The maximum atomic E-state index is 13.1. The van der Waals surface area contributed by atoms with Crippen LogP contribution in [0, 0.1) is 5.92 Å². The molecule has 1 aliphatic heterocycles. The number of aromatic amines is 1. The van der Waals surface area contributed by atoms with Gasteiger partial charge in [0.2, 0.25) is 5.91 Å². The highest BCUT2D eigenvalue weighted by atomic mass is 16.2. The van der Waals surface area contributed by atoms with Crippen LogP contribution in [-0.2, 0) is 24.2 Å². The molecule has 1 aliphatic carbocycles. The maximum Gasteiger partial charge on any atom is 0.238 e. The van der Waals surface area contributed by atoms with Crippen LogP contribution in [0.5, 0.6) is 0 Å². The molecule has 0 spiro atoms. The van der Waals surface area contributed by atoms with Gasteiger partial charge in [-0.1, -0.05) is 42.5 Å². The number of para-hydroxylation sites is 1. The van der Waals surface area contributed by atoms with Crippen molar-refractivity contribution in [1.29, 1.82) is 0 Å². The molecule has 1 atom stereocenters. The number of carbonyl (C=O) groups excluding carboxylic acids is 1. The Labute approximate surface area is 189 Å². The first kappa shape index (κ1) is 21.2. The van der Waals surface area contributed by atoms with Gasteiger partial charge in [0.25, 0.3) is 0 Å². The molecular formula is C26H33N5O. The fourth-order valence-corrected chi connectivity index (χ4v) is 4.58. The van der Waals surface area contributed by atoms with Crippen LogP contribution in [0.1, 0.15) is 29.5 Å². The lowest BCUT2D eigenvalue weighted by atomic mass is 10.00. The molecule has 2 heterocycles. The quantitative estimate of drug-likeness (QED) is 0.373. The van der Waals surface area contributed by atoms with Crippen LogP contribution in [-0.4, -0.2) is 48.0 Å². The number of fused-ring (bicyclic) bond motifs is 2. The van der Waals surface area contributed by atoms with E-state index in [1.165, 1.54) is 29.4 Å². The Kier molecular flexibility index (Phi) is 6.53. The standard InChI is InChI=1S/C26H33N5O/c32-26(27-12-14-31-13-11-20-5-1-2-6-21(20)18-31)25(30-29-16-19-9-10-19)15-22-17-28-24-8-4-3-7-23(22)24/h1-8,17,19,25,28-30H,9-16,18H2,(H,27,32)/t25-/m1/s1. The van der Waals surface area contributed by atoms with Crippen molar-refractivity contribution in [3.63, 3.8) is 0 Å². The van der Waals surface area contributed by atoms with Crippen LogP contribution >= 0.6 is 0 Å². The SMILES string of the molecule is O=C(NCCN1CCc2ccccc2C1)[C@@H](Cc1c[nH]c2ccccc12)NNCC1CC1. The zero-order valence-electron chi connectivity index (χ0n) is 18.6. The van der Waals surface area contributed by atoms with Crippen molar-refractivity contribution in [2.24, 2.45) is 5.92 Å². The Morgan fingerprint density at radius 3 is 2.78 bits per heavy atom. The van der Waals surface area contributed by atoms with Gasteiger partial charge in [0, 0.05) is 56.2 Å². The third-order valence-corrected chi connectivity index (χ3v) is 6.72. The van der Waals surface area contributed by atoms with Crippen LogP contribution < -0.4 is 16.2 Å². The van der Waals surface area contributed by atoms with Gasteiger partial charge in [0.05, 0.1) is 0 Å². The van der Waals surface area contributed by atoms with Crippen molar-refractivity contribution in [2.75, 3.05) is 26.2 Å². The van der Waals surface area contributed by atoms with E-state index in [-0.39, 0.29) is 11.9 Å². The summed E-state index contributed by atoms with van der Waals surface area (Å²) >= 11 is 0. The largest absolute Gasteiger partial charge is 0.361 e. The third kappa shape index (κ3) is 5.21. The Balaban J connectivity index is 1.17. The Morgan fingerprint density at radius 2 is 1.91 bits per heavy atom. The molecule has 2 aromatic carbocycles. The van der Waals surface area contributed by atoms with Gasteiger partial charge in [-0.2, -0.15) is 0 Å². The van der Waals surface area contributed by atoms with Gasteiger partial charge >= 0.3 is 0 Å². The van der Waals surface area contributed by atoms with Crippen LogP contribution in [0.25, 0.3) is 10.9 Å². The molecule has 2 aliphatic rings. The zero-order chi connectivity index (χ0) is 21.8. The lowest BCUT2D eigenvalue weighted by molar-refractivity contribution is -0.123. The second-order valence-electron chi connectivity index (χ2n) is 9.17. The van der Waals surface area contributed by atoms with E-state index in [1.807, 2.05) is 18.3 Å². The van der Waals surface area contributed by atoms with Crippen LogP contribution in [0.3, 0.4) is 0 Å². The number of rotatable bonds is 10. The van der Waals surface area contributed by atoms with Crippen LogP contribution in [0.15, 0.2) is 54.7 Å². The van der Waals surface area contributed by atoms with E-state index in [0.717, 1.165) is 49.6 Å². The summed E-state index contributed by atoms with van der Waals surface area (Å²) in [5, 5.41) is 4.36. The number of hydrogen-bond acceptors (Lipinski definition) is 4. The number of nitrogens with zero attached hydrogens (tertiary/aromatic N) is 1. The molecule has 1 aromatic heterocycles. The topological polar surface area (TPSA) is 72.2 Å². The van der Waals surface area contributed by atoms with Crippen molar-refractivity contribution >= 4 is 16.8 Å². The van der Waals surface area contributed by atoms with Gasteiger partial charge in [-0.15, -0.1) is 0 Å². The summed E-state index contributed by atoms with van der Waals surface area (Å²) in [6.07, 6.45) is 6.32. The first-order valence-electron chi connectivity index (χ1n) is 11.9. The van der Waals surface area contributed by atoms with Gasteiger partial charge < -0.3 is 10.3 Å². The molecule has 168 valence electrons. The summed E-state index contributed by atoms with van der Waals surface area (Å²) < 4.78 is 0. The summed E-state index contributed by atoms with van der Waals surface area (Å²) in [5.74, 6) is 0.803. The van der Waals surface area contributed by atoms with Crippen LogP contribution in [0.4, 0.5) is 0 Å². The van der Waals surface area contributed by atoms with Gasteiger partial charge in [-0.25, -0.2) is 5.43 Å². The number of carbonyl (C=O) groups is 1. The molecule has 5 rings (SSSR count). The van der Waals surface area contributed by atoms with Gasteiger partial charge in [0.1, 0.15) is 6.04 Å².